The Labute approximate surface area is 102 Å². The summed E-state index contributed by atoms with van der Waals surface area (Å²) >= 11 is 0. The Balaban J connectivity index is 2.32. The smallest absolute Gasteiger partial charge is 0.317 e. The Morgan fingerprint density at radius 1 is 1.53 bits per heavy atom. The van der Waals surface area contributed by atoms with Crippen molar-refractivity contribution in [2.75, 3.05) is 19.6 Å². The largest absolute Gasteiger partial charge is 0.481 e. The van der Waals surface area contributed by atoms with E-state index in [2.05, 4.69) is 12.2 Å². The topological polar surface area (TPSA) is 69.6 Å². The average molecular weight is 242 g/mol. The van der Waals surface area contributed by atoms with Crippen molar-refractivity contribution in [2.24, 2.45) is 17.8 Å². The van der Waals surface area contributed by atoms with Crippen LogP contribution < -0.4 is 5.32 Å². The molecule has 0 aliphatic heterocycles. The second-order valence-electron chi connectivity index (χ2n) is 4.94. The first-order valence-corrected chi connectivity index (χ1v) is 6.21. The van der Waals surface area contributed by atoms with Crippen molar-refractivity contribution >= 4 is 12.0 Å². The molecule has 98 valence electrons. The van der Waals surface area contributed by atoms with Crippen LogP contribution in [0.3, 0.4) is 0 Å². The van der Waals surface area contributed by atoms with E-state index >= 15 is 0 Å². The summed E-state index contributed by atoms with van der Waals surface area (Å²) in [6, 6.07) is -0.153. The first-order chi connectivity index (χ1) is 7.95. The molecule has 0 aromatic rings. The van der Waals surface area contributed by atoms with Crippen molar-refractivity contribution in [2.45, 2.75) is 27.2 Å². The van der Waals surface area contributed by atoms with Gasteiger partial charge in [0.25, 0.3) is 0 Å². The third-order valence-corrected chi connectivity index (χ3v) is 3.38. The number of carboxylic acid groups (broad SMARTS) is 1. The Bertz CT molecular complexity index is 293. The van der Waals surface area contributed by atoms with Crippen molar-refractivity contribution in [3.63, 3.8) is 0 Å². The van der Waals surface area contributed by atoms with Crippen LogP contribution in [0.4, 0.5) is 4.79 Å². The Morgan fingerprint density at radius 3 is 2.53 bits per heavy atom. The van der Waals surface area contributed by atoms with Crippen LogP contribution in [0.5, 0.6) is 0 Å². The van der Waals surface area contributed by atoms with Crippen molar-refractivity contribution in [3.8, 4) is 0 Å². The molecule has 17 heavy (non-hydrogen) atoms. The lowest BCUT2D eigenvalue weighted by Crippen LogP contribution is -2.43. The maximum atomic E-state index is 11.8. The van der Waals surface area contributed by atoms with Gasteiger partial charge in [0.05, 0.1) is 5.92 Å². The maximum Gasteiger partial charge on any atom is 0.317 e. The van der Waals surface area contributed by atoms with Gasteiger partial charge in [0.2, 0.25) is 0 Å². The number of hydrogen-bond donors (Lipinski definition) is 2. The lowest BCUT2D eigenvalue weighted by Gasteiger charge is -2.23. The summed E-state index contributed by atoms with van der Waals surface area (Å²) in [6.07, 6.45) is 1.18. The van der Waals surface area contributed by atoms with E-state index in [1.807, 2.05) is 6.92 Å². The summed E-state index contributed by atoms with van der Waals surface area (Å²) < 4.78 is 0. The number of nitrogens with zero attached hydrogens (tertiary/aromatic N) is 1. The third-order valence-electron chi connectivity index (χ3n) is 3.38. The Morgan fingerprint density at radius 2 is 2.12 bits per heavy atom. The molecule has 2 N–H and O–H groups in total. The monoisotopic (exact) mass is 242 g/mol. The van der Waals surface area contributed by atoms with Gasteiger partial charge in [0, 0.05) is 19.6 Å². The summed E-state index contributed by atoms with van der Waals surface area (Å²) in [5.41, 5.74) is 0. The molecule has 3 unspecified atom stereocenters. The second-order valence-corrected chi connectivity index (χ2v) is 4.94. The quantitative estimate of drug-likeness (QED) is 0.739. The standard InChI is InChI=1S/C12H22N2O3/c1-4-14(7-9(3)11(15)16)12(17)13-6-10-5-8(10)2/h8-10H,4-7H2,1-3H3,(H,13,17)(H,15,16). The highest BCUT2D eigenvalue weighted by molar-refractivity contribution is 5.75. The number of carboxylic acids is 1. The van der Waals surface area contributed by atoms with Gasteiger partial charge in [-0.15, -0.1) is 0 Å². The summed E-state index contributed by atoms with van der Waals surface area (Å²) in [7, 11) is 0. The number of aliphatic carboxylic acids is 1. The van der Waals surface area contributed by atoms with Crippen molar-refractivity contribution in [1.29, 1.82) is 0 Å². The molecular formula is C12H22N2O3. The fourth-order valence-electron chi connectivity index (χ4n) is 1.78. The zero-order chi connectivity index (χ0) is 13.0. The Kier molecular flexibility index (Phi) is 4.78. The predicted octanol–water partition coefficient (Wildman–Crippen LogP) is 1.39. The lowest BCUT2D eigenvalue weighted by atomic mass is 10.2. The maximum absolute atomic E-state index is 11.8. The fourth-order valence-corrected chi connectivity index (χ4v) is 1.78. The minimum Gasteiger partial charge on any atom is -0.481 e. The first kappa shape index (κ1) is 13.8. The molecule has 0 bridgehead atoms. The molecule has 5 nitrogen and oxygen atoms in total. The highest BCUT2D eigenvalue weighted by Gasteiger charge is 2.32. The summed E-state index contributed by atoms with van der Waals surface area (Å²) in [5, 5.41) is 11.7. The average Bonchev–Trinajstić information content (AvgIpc) is 2.98. The van der Waals surface area contributed by atoms with Gasteiger partial charge >= 0.3 is 12.0 Å². The van der Waals surface area contributed by atoms with Crippen LogP contribution in [-0.2, 0) is 4.79 Å². The number of hydrogen-bond acceptors (Lipinski definition) is 2. The number of amides is 2. The van der Waals surface area contributed by atoms with Crippen LogP contribution in [-0.4, -0.2) is 41.6 Å². The number of urea groups is 1. The van der Waals surface area contributed by atoms with Gasteiger partial charge in [-0.3, -0.25) is 4.79 Å². The first-order valence-electron chi connectivity index (χ1n) is 6.21. The van der Waals surface area contributed by atoms with E-state index in [9.17, 15) is 9.59 Å². The Hall–Kier alpha value is -1.26. The van der Waals surface area contributed by atoms with E-state index < -0.39 is 11.9 Å². The molecule has 0 heterocycles. The molecule has 0 saturated heterocycles. The normalized spacial score (nSPS) is 23.9. The molecule has 0 aromatic carbocycles. The molecule has 3 atom stereocenters. The molecule has 0 spiro atoms. The van der Waals surface area contributed by atoms with Gasteiger partial charge in [0.1, 0.15) is 0 Å². The van der Waals surface area contributed by atoms with E-state index in [0.29, 0.717) is 24.9 Å². The molecule has 1 rings (SSSR count). The fraction of sp³-hybridized carbons (Fsp3) is 0.833. The SMILES string of the molecule is CCN(CC(C)C(=O)O)C(=O)NCC1CC1C. The van der Waals surface area contributed by atoms with E-state index in [4.69, 9.17) is 5.11 Å². The number of nitrogens with one attached hydrogen (secondary N) is 1. The molecule has 1 aliphatic rings. The number of carbonyl (C=O) groups excluding carboxylic acids is 1. The molecule has 1 fully saturated rings. The van der Waals surface area contributed by atoms with Crippen LogP contribution in [0.2, 0.25) is 0 Å². The van der Waals surface area contributed by atoms with E-state index in [-0.39, 0.29) is 12.6 Å². The van der Waals surface area contributed by atoms with E-state index in [0.717, 1.165) is 0 Å². The summed E-state index contributed by atoms with van der Waals surface area (Å²) in [4.78, 5) is 24.1. The minimum absolute atomic E-state index is 0.153. The predicted molar refractivity (Wildman–Crippen MR) is 64.7 cm³/mol. The molecule has 1 saturated carbocycles. The van der Waals surface area contributed by atoms with Crippen molar-refractivity contribution < 1.29 is 14.7 Å². The summed E-state index contributed by atoms with van der Waals surface area (Å²) in [6.45, 7) is 7.13. The second kappa shape index (κ2) is 5.89. The van der Waals surface area contributed by atoms with Gasteiger partial charge in [0.15, 0.2) is 0 Å². The zero-order valence-corrected chi connectivity index (χ0v) is 10.8. The van der Waals surface area contributed by atoms with E-state index in [1.165, 1.54) is 6.42 Å². The zero-order valence-electron chi connectivity index (χ0n) is 10.8. The molecule has 2 amide bonds. The third kappa shape index (κ3) is 4.24. The minimum atomic E-state index is -0.868. The van der Waals surface area contributed by atoms with E-state index in [1.54, 1.807) is 11.8 Å². The lowest BCUT2D eigenvalue weighted by molar-refractivity contribution is -0.141. The highest BCUT2D eigenvalue weighted by Crippen LogP contribution is 2.36. The van der Waals surface area contributed by atoms with Crippen molar-refractivity contribution in [3.05, 3.63) is 0 Å². The molecular weight excluding hydrogens is 220 g/mol. The molecule has 5 heteroatoms. The number of rotatable bonds is 6. The molecule has 0 radical (unpaired) electrons. The van der Waals surface area contributed by atoms with Crippen LogP contribution in [0.15, 0.2) is 0 Å². The van der Waals surface area contributed by atoms with Crippen LogP contribution in [0.1, 0.15) is 27.2 Å². The van der Waals surface area contributed by atoms with Crippen LogP contribution in [0, 0.1) is 17.8 Å². The van der Waals surface area contributed by atoms with Gasteiger partial charge in [-0.25, -0.2) is 4.79 Å². The van der Waals surface area contributed by atoms with Crippen LogP contribution >= 0.6 is 0 Å². The highest BCUT2D eigenvalue weighted by atomic mass is 16.4. The summed E-state index contributed by atoms with van der Waals surface area (Å²) in [5.74, 6) is -0.0783. The van der Waals surface area contributed by atoms with Gasteiger partial charge in [-0.2, -0.15) is 0 Å². The molecule has 0 aromatic heterocycles. The van der Waals surface area contributed by atoms with Gasteiger partial charge in [-0.1, -0.05) is 13.8 Å². The van der Waals surface area contributed by atoms with Gasteiger partial charge in [-0.05, 0) is 25.2 Å². The van der Waals surface area contributed by atoms with Gasteiger partial charge < -0.3 is 15.3 Å². The molecule has 1 aliphatic carbocycles. The van der Waals surface area contributed by atoms with Crippen molar-refractivity contribution in [1.82, 2.24) is 10.2 Å². The number of carbonyl (C=O) groups is 2. The van der Waals surface area contributed by atoms with Crippen LogP contribution in [0.25, 0.3) is 0 Å².